The predicted molar refractivity (Wildman–Crippen MR) is 85.4 cm³/mol. The molecule has 1 aromatic carbocycles. The van der Waals surface area contributed by atoms with Gasteiger partial charge in [-0.2, -0.15) is 0 Å². The highest BCUT2D eigenvalue weighted by molar-refractivity contribution is 7.92. The number of rotatable bonds is 6. The Labute approximate surface area is 123 Å². The molecule has 1 aromatic rings. The van der Waals surface area contributed by atoms with Crippen LogP contribution in [0.15, 0.2) is 24.3 Å². The van der Waals surface area contributed by atoms with Gasteiger partial charge in [-0.15, -0.1) is 0 Å². The topological polar surface area (TPSA) is 58.2 Å². The van der Waals surface area contributed by atoms with Gasteiger partial charge < -0.3 is 5.32 Å². The Hall–Kier alpha value is -1.07. The van der Waals surface area contributed by atoms with Crippen LogP contribution >= 0.6 is 0 Å². The average molecular weight is 298 g/mol. The molecule has 4 nitrogen and oxygen atoms in total. The van der Waals surface area contributed by atoms with Gasteiger partial charge in [-0.05, 0) is 30.5 Å². The van der Waals surface area contributed by atoms with Crippen molar-refractivity contribution in [2.75, 3.05) is 17.0 Å². The molecule has 1 rings (SSSR count). The quantitative estimate of drug-likeness (QED) is 0.848. The number of hydrogen-bond acceptors (Lipinski definition) is 3. The first-order chi connectivity index (χ1) is 9.14. The fourth-order valence-electron chi connectivity index (χ4n) is 2.16. The van der Waals surface area contributed by atoms with Gasteiger partial charge in [0.15, 0.2) is 0 Å². The monoisotopic (exact) mass is 298 g/mol. The average Bonchev–Trinajstić information content (AvgIpc) is 2.25. The molecular formula is C15H26N2O2S. The number of sulfonamides is 1. The molecule has 1 atom stereocenters. The molecule has 0 aliphatic heterocycles. The van der Waals surface area contributed by atoms with Crippen LogP contribution in [0.2, 0.25) is 0 Å². The van der Waals surface area contributed by atoms with Crippen LogP contribution in [0.5, 0.6) is 0 Å². The molecule has 0 aliphatic carbocycles. The summed E-state index contributed by atoms with van der Waals surface area (Å²) in [5.74, 6) is 0.101. The molecule has 0 spiro atoms. The second-order valence-electron chi connectivity index (χ2n) is 6.29. The van der Waals surface area contributed by atoms with Crippen LogP contribution in [-0.2, 0) is 10.0 Å². The van der Waals surface area contributed by atoms with Crippen molar-refractivity contribution in [1.29, 1.82) is 0 Å². The molecule has 114 valence electrons. The lowest BCUT2D eigenvalue weighted by atomic mass is 10.0. The number of hydrogen-bond donors (Lipinski definition) is 2. The minimum absolute atomic E-state index is 0.101. The van der Waals surface area contributed by atoms with Crippen molar-refractivity contribution in [3.05, 3.63) is 29.8 Å². The molecule has 0 aromatic heterocycles. The smallest absolute Gasteiger partial charge is 0.233 e. The van der Waals surface area contributed by atoms with E-state index in [0.717, 1.165) is 12.1 Å². The van der Waals surface area contributed by atoms with Gasteiger partial charge in [0, 0.05) is 6.04 Å². The number of anilines is 1. The van der Waals surface area contributed by atoms with Gasteiger partial charge >= 0.3 is 0 Å². The van der Waals surface area contributed by atoms with E-state index in [0.29, 0.717) is 5.69 Å². The Balaban J connectivity index is 2.98. The second kappa shape index (κ2) is 6.59. The molecule has 0 bridgehead atoms. The Morgan fingerprint density at radius 3 is 2.35 bits per heavy atom. The maximum atomic E-state index is 12.2. The fourth-order valence-corrected chi connectivity index (χ4v) is 3.89. The van der Waals surface area contributed by atoms with Crippen LogP contribution in [0, 0.1) is 5.41 Å². The maximum absolute atomic E-state index is 12.2. The summed E-state index contributed by atoms with van der Waals surface area (Å²) in [4.78, 5) is 0. The van der Waals surface area contributed by atoms with E-state index < -0.39 is 10.0 Å². The first kappa shape index (κ1) is 17.0. The summed E-state index contributed by atoms with van der Waals surface area (Å²) in [5.41, 5.74) is 1.35. The molecule has 0 fully saturated rings. The van der Waals surface area contributed by atoms with Crippen molar-refractivity contribution in [2.24, 2.45) is 5.41 Å². The highest BCUT2D eigenvalue weighted by Crippen LogP contribution is 2.25. The van der Waals surface area contributed by atoms with Crippen LogP contribution in [-0.4, -0.2) is 20.7 Å². The highest BCUT2D eigenvalue weighted by Gasteiger charge is 2.22. The van der Waals surface area contributed by atoms with E-state index in [4.69, 9.17) is 0 Å². The number of benzene rings is 1. The lowest BCUT2D eigenvalue weighted by molar-refractivity contribution is 0.463. The van der Waals surface area contributed by atoms with Crippen LogP contribution in [0.3, 0.4) is 0 Å². The largest absolute Gasteiger partial charge is 0.310 e. The Morgan fingerprint density at radius 1 is 1.20 bits per heavy atom. The molecule has 0 saturated carbocycles. The van der Waals surface area contributed by atoms with Crippen LogP contribution in [0.1, 0.15) is 46.2 Å². The summed E-state index contributed by atoms with van der Waals surface area (Å²) in [5, 5.41) is 3.30. The predicted octanol–water partition coefficient (Wildman–Crippen LogP) is 3.14. The Kier molecular flexibility index (Phi) is 5.59. The molecule has 2 N–H and O–H groups in total. The van der Waals surface area contributed by atoms with Gasteiger partial charge in [-0.3, -0.25) is 4.72 Å². The van der Waals surface area contributed by atoms with E-state index in [-0.39, 0.29) is 17.2 Å². The zero-order valence-corrected chi connectivity index (χ0v) is 13.8. The summed E-state index contributed by atoms with van der Waals surface area (Å²) in [6, 6.07) is 7.63. The molecule has 1 unspecified atom stereocenters. The van der Waals surface area contributed by atoms with E-state index >= 15 is 0 Å². The molecule has 0 heterocycles. The van der Waals surface area contributed by atoms with Crippen molar-refractivity contribution in [2.45, 2.75) is 40.7 Å². The van der Waals surface area contributed by atoms with Gasteiger partial charge in [0.25, 0.3) is 0 Å². The highest BCUT2D eigenvalue weighted by atomic mass is 32.2. The summed E-state index contributed by atoms with van der Waals surface area (Å²) in [6.07, 6.45) is 0. The summed E-state index contributed by atoms with van der Waals surface area (Å²) < 4.78 is 27.1. The normalized spacial score (nSPS) is 14.1. The minimum Gasteiger partial charge on any atom is -0.310 e. The SMILES string of the molecule is CCNC(C)c1ccccc1NS(=O)(=O)CC(C)(C)C. The maximum Gasteiger partial charge on any atom is 0.233 e. The van der Waals surface area contributed by atoms with Crippen molar-refractivity contribution < 1.29 is 8.42 Å². The Bertz CT molecular complexity index is 533. The lowest BCUT2D eigenvalue weighted by Gasteiger charge is -2.21. The lowest BCUT2D eigenvalue weighted by Crippen LogP contribution is -2.27. The van der Waals surface area contributed by atoms with Crippen LogP contribution < -0.4 is 10.0 Å². The minimum atomic E-state index is -3.34. The van der Waals surface area contributed by atoms with Gasteiger partial charge in [-0.25, -0.2) is 8.42 Å². The van der Waals surface area contributed by atoms with Crippen LogP contribution in [0.25, 0.3) is 0 Å². The molecule has 20 heavy (non-hydrogen) atoms. The van der Waals surface area contributed by atoms with Gasteiger partial charge in [-0.1, -0.05) is 45.9 Å². The van der Waals surface area contributed by atoms with Crippen molar-refractivity contribution >= 4 is 15.7 Å². The standard InChI is InChI=1S/C15H26N2O2S/c1-6-16-12(2)13-9-7-8-10-14(13)17-20(18,19)11-15(3,4)5/h7-10,12,16-17H,6,11H2,1-5H3. The second-order valence-corrected chi connectivity index (χ2v) is 8.01. The van der Waals surface area contributed by atoms with Gasteiger partial charge in [0.1, 0.15) is 0 Å². The molecule has 0 radical (unpaired) electrons. The third-order valence-electron chi connectivity index (χ3n) is 2.83. The van der Waals surface area contributed by atoms with Crippen molar-refractivity contribution in [1.82, 2.24) is 5.32 Å². The summed E-state index contributed by atoms with van der Waals surface area (Å²) in [7, 11) is -3.34. The third-order valence-corrected chi connectivity index (χ3v) is 4.60. The summed E-state index contributed by atoms with van der Waals surface area (Å²) in [6.45, 7) is 10.6. The van der Waals surface area contributed by atoms with Crippen molar-refractivity contribution in [3.63, 3.8) is 0 Å². The van der Waals surface area contributed by atoms with Crippen molar-refractivity contribution in [3.8, 4) is 0 Å². The molecule has 0 aliphatic rings. The van der Waals surface area contributed by atoms with E-state index in [1.54, 1.807) is 0 Å². The zero-order chi connectivity index (χ0) is 15.4. The molecule has 5 heteroatoms. The van der Waals surface area contributed by atoms with Gasteiger partial charge in [0.2, 0.25) is 10.0 Å². The zero-order valence-electron chi connectivity index (χ0n) is 13.0. The first-order valence-electron chi connectivity index (χ1n) is 6.97. The number of para-hydroxylation sites is 1. The van der Waals surface area contributed by atoms with Gasteiger partial charge in [0.05, 0.1) is 11.4 Å². The molecular weight excluding hydrogens is 272 g/mol. The van der Waals surface area contributed by atoms with E-state index in [2.05, 4.69) is 10.0 Å². The molecule has 0 saturated heterocycles. The van der Waals surface area contributed by atoms with Crippen LogP contribution in [0.4, 0.5) is 5.69 Å². The first-order valence-corrected chi connectivity index (χ1v) is 8.62. The van der Waals surface area contributed by atoms with E-state index in [1.807, 2.05) is 58.9 Å². The fraction of sp³-hybridized carbons (Fsp3) is 0.600. The van der Waals surface area contributed by atoms with E-state index in [1.165, 1.54) is 0 Å². The third kappa shape index (κ3) is 5.51. The van der Waals surface area contributed by atoms with E-state index in [9.17, 15) is 8.42 Å². The Morgan fingerprint density at radius 2 is 1.80 bits per heavy atom. The summed E-state index contributed by atoms with van der Waals surface area (Å²) >= 11 is 0. The number of nitrogens with one attached hydrogen (secondary N) is 2. The molecule has 0 amide bonds.